The molecule has 0 nitrogen and oxygen atoms in total. The molecular formula is C9H13Cl2P. The summed E-state index contributed by atoms with van der Waals surface area (Å²) in [6.45, 7) is 6.65. The Labute approximate surface area is 85.8 Å². The van der Waals surface area contributed by atoms with Crippen molar-refractivity contribution in [2.24, 2.45) is 0 Å². The molecule has 0 saturated heterocycles. The summed E-state index contributed by atoms with van der Waals surface area (Å²) in [5.74, 6) is 0. The van der Waals surface area contributed by atoms with Gasteiger partial charge in [-0.05, 0) is 11.2 Å². The summed E-state index contributed by atoms with van der Waals surface area (Å²) in [5.41, 5.74) is 0.360. The largest absolute Gasteiger partial charge is 0.104 e. The Bertz CT molecular complexity index is 235. The van der Waals surface area contributed by atoms with Crippen molar-refractivity contribution in [3.63, 3.8) is 0 Å². The molecule has 1 aliphatic rings. The van der Waals surface area contributed by atoms with E-state index in [4.69, 9.17) is 23.2 Å². The fraction of sp³-hybridized carbons (Fsp3) is 0.556. The van der Waals surface area contributed by atoms with Gasteiger partial charge in [0, 0.05) is 10.7 Å². The van der Waals surface area contributed by atoms with E-state index >= 15 is 0 Å². The molecule has 0 bridgehead atoms. The van der Waals surface area contributed by atoms with E-state index in [0.717, 1.165) is 13.6 Å². The molecule has 0 amide bonds. The summed E-state index contributed by atoms with van der Waals surface area (Å²) in [7, 11) is 0.800. The summed E-state index contributed by atoms with van der Waals surface area (Å²) in [6, 6.07) is 0. The highest BCUT2D eigenvalue weighted by Gasteiger charge is 2.23. The summed E-state index contributed by atoms with van der Waals surface area (Å²) < 4.78 is 0. The third-order valence-corrected chi connectivity index (χ3v) is 4.23. The Kier molecular flexibility index (Phi) is 3.26. The van der Waals surface area contributed by atoms with E-state index in [1.807, 2.05) is 6.08 Å². The average Bonchev–Trinajstić information content (AvgIpc) is 2.16. The molecular weight excluding hydrogens is 210 g/mol. The number of halogens is 2. The molecule has 0 saturated carbocycles. The van der Waals surface area contributed by atoms with Crippen LogP contribution in [-0.2, 0) is 0 Å². The second kappa shape index (κ2) is 3.70. The maximum absolute atomic E-state index is 6.03. The van der Waals surface area contributed by atoms with Gasteiger partial charge in [-0.1, -0.05) is 50.0 Å². The van der Waals surface area contributed by atoms with E-state index in [9.17, 15) is 0 Å². The van der Waals surface area contributed by atoms with Crippen LogP contribution < -0.4 is 0 Å². The predicted octanol–water partition coefficient (Wildman–Crippen LogP) is 4.09. The van der Waals surface area contributed by atoms with Crippen LogP contribution in [0, 0.1) is 0 Å². The number of hydrogen-bond donors (Lipinski definition) is 0. The van der Waals surface area contributed by atoms with E-state index < -0.39 is 0 Å². The minimum absolute atomic E-state index is 0.330. The van der Waals surface area contributed by atoms with Crippen molar-refractivity contribution < 1.29 is 0 Å². The standard InChI is InChI=1S/C9H13Cl2P/c1-9(2,3)12-7-5-4-6(10)8(7)11/h4-5,7,12H,1-3H3. The van der Waals surface area contributed by atoms with Gasteiger partial charge in [-0.15, -0.1) is 8.58 Å². The highest BCUT2D eigenvalue weighted by molar-refractivity contribution is 7.41. The van der Waals surface area contributed by atoms with Crippen LogP contribution in [-0.4, -0.2) is 10.8 Å². The lowest BCUT2D eigenvalue weighted by molar-refractivity contribution is 0.791. The molecule has 0 N–H and O–H groups in total. The Hall–Kier alpha value is 0.490. The van der Waals surface area contributed by atoms with Crippen LogP contribution in [0.25, 0.3) is 0 Å². The van der Waals surface area contributed by atoms with Gasteiger partial charge in [-0.3, -0.25) is 0 Å². The molecule has 0 aliphatic heterocycles. The molecule has 0 spiro atoms. The Balaban J connectivity index is 2.64. The zero-order valence-corrected chi connectivity index (χ0v) is 10.00. The van der Waals surface area contributed by atoms with Crippen molar-refractivity contribution in [3.8, 4) is 0 Å². The lowest BCUT2D eigenvalue weighted by Crippen LogP contribution is -2.10. The molecule has 1 rings (SSSR count). The van der Waals surface area contributed by atoms with E-state index in [1.165, 1.54) is 0 Å². The molecule has 2 unspecified atom stereocenters. The first kappa shape index (κ1) is 10.6. The maximum Gasteiger partial charge on any atom is 0.0557 e. The second-order valence-corrected chi connectivity index (χ2v) is 7.15. The monoisotopic (exact) mass is 222 g/mol. The SMILES string of the molecule is CC(C)(C)PC1C=CC(Cl)=C1Cl. The van der Waals surface area contributed by atoms with Crippen molar-refractivity contribution in [2.75, 3.05) is 0 Å². The number of allylic oxidation sites excluding steroid dienone is 4. The normalized spacial score (nSPS) is 24.9. The van der Waals surface area contributed by atoms with Gasteiger partial charge in [0.25, 0.3) is 0 Å². The fourth-order valence-corrected chi connectivity index (χ4v) is 3.06. The van der Waals surface area contributed by atoms with Gasteiger partial charge in [0.15, 0.2) is 0 Å². The van der Waals surface area contributed by atoms with Crippen molar-refractivity contribution in [1.29, 1.82) is 0 Å². The minimum Gasteiger partial charge on any atom is -0.104 e. The van der Waals surface area contributed by atoms with E-state index in [2.05, 4.69) is 26.8 Å². The molecule has 12 heavy (non-hydrogen) atoms. The van der Waals surface area contributed by atoms with Crippen LogP contribution in [0.4, 0.5) is 0 Å². The zero-order chi connectivity index (χ0) is 9.35. The molecule has 0 heterocycles. The summed E-state index contributed by atoms with van der Waals surface area (Å²) in [6.07, 6.45) is 3.99. The topological polar surface area (TPSA) is 0 Å². The quantitative estimate of drug-likeness (QED) is 0.587. The van der Waals surface area contributed by atoms with E-state index in [0.29, 0.717) is 15.8 Å². The molecule has 2 atom stereocenters. The summed E-state index contributed by atoms with van der Waals surface area (Å²) in [5, 5.41) is 1.85. The van der Waals surface area contributed by atoms with Crippen molar-refractivity contribution in [2.45, 2.75) is 31.6 Å². The molecule has 0 radical (unpaired) electrons. The zero-order valence-electron chi connectivity index (χ0n) is 7.49. The van der Waals surface area contributed by atoms with Crippen LogP contribution in [0.5, 0.6) is 0 Å². The number of rotatable bonds is 1. The van der Waals surface area contributed by atoms with Gasteiger partial charge < -0.3 is 0 Å². The first-order valence-electron chi connectivity index (χ1n) is 3.91. The lowest BCUT2D eigenvalue weighted by Gasteiger charge is -2.22. The summed E-state index contributed by atoms with van der Waals surface area (Å²) >= 11 is 11.9. The first-order valence-corrected chi connectivity index (χ1v) is 5.74. The summed E-state index contributed by atoms with van der Waals surface area (Å²) in [4.78, 5) is 0. The highest BCUT2D eigenvalue weighted by Crippen LogP contribution is 2.44. The highest BCUT2D eigenvalue weighted by atomic mass is 35.5. The Morgan fingerprint density at radius 1 is 1.33 bits per heavy atom. The van der Waals surface area contributed by atoms with E-state index in [1.54, 1.807) is 0 Å². The van der Waals surface area contributed by atoms with Crippen molar-refractivity contribution >= 4 is 31.8 Å². The van der Waals surface area contributed by atoms with Crippen molar-refractivity contribution in [3.05, 3.63) is 22.2 Å². The lowest BCUT2D eigenvalue weighted by atomic mass is 10.3. The maximum atomic E-state index is 6.03. The predicted molar refractivity (Wildman–Crippen MR) is 59.7 cm³/mol. The Morgan fingerprint density at radius 3 is 2.25 bits per heavy atom. The Morgan fingerprint density at radius 2 is 1.92 bits per heavy atom. The number of hydrogen-bond acceptors (Lipinski definition) is 0. The molecule has 0 aromatic rings. The minimum atomic E-state index is 0.330. The fourth-order valence-electron chi connectivity index (χ4n) is 1.07. The average molecular weight is 223 g/mol. The molecule has 0 aromatic heterocycles. The molecule has 0 fully saturated rings. The third kappa shape index (κ3) is 2.76. The van der Waals surface area contributed by atoms with Crippen LogP contribution in [0.3, 0.4) is 0 Å². The molecule has 0 aromatic carbocycles. The van der Waals surface area contributed by atoms with Gasteiger partial charge in [-0.2, -0.15) is 0 Å². The van der Waals surface area contributed by atoms with Crippen LogP contribution >= 0.6 is 31.8 Å². The van der Waals surface area contributed by atoms with Crippen LogP contribution in [0.1, 0.15) is 20.8 Å². The molecule has 3 heteroatoms. The van der Waals surface area contributed by atoms with Gasteiger partial charge in [0.2, 0.25) is 0 Å². The van der Waals surface area contributed by atoms with Gasteiger partial charge in [0.1, 0.15) is 0 Å². The van der Waals surface area contributed by atoms with Crippen LogP contribution in [0.2, 0.25) is 0 Å². The van der Waals surface area contributed by atoms with Gasteiger partial charge in [-0.25, -0.2) is 0 Å². The third-order valence-electron chi connectivity index (χ3n) is 1.52. The van der Waals surface area contributed by atoms with Crippen LogP contribution in [0.15, 0.2) is 22.2 Å². The van der Waals surface area contributed by atoms with Gasteiger partial charge in [0.05, 0.1) is 5.03 Å². The van der Waals surface area contributed by atoms with E-state index in [-0.39, 0.29) is 0 Å². The smallest absolute Gasteiger partial charge is 0.0557 e. The first-order chi connectivity index (χ1) is 5.40. The second-order valence-electron chi connectivity index (χ2n) is 3.93. The molecule has 1 aliphatic carbocycles. The molecule has 68 valence electrons. The van der Waals surface area contributed by atoms with Crippen molar-refractivity contribution in [1.82, 2.24) is 0 Å². The van der Waals surface area contributed by atoms with Gasteiger partial charge >= 0.3 is 0 Å².